The highest BCUT2D eigenvalue weighted by molar-refractivity contribution is 9.10. The summed E-state index contributed by atoms with van der Waals surface area (Å²) in [5.74, 6) is -0.671. The third-order valence-electron chi connectivity index (χ3n) is 2.48. The Morgan fingerprint density at radius 1 is 1.42 bits per heavy atom. The Hall–Kier alpha value is -0.910. The standard InChI is InChI=1S/C13H10BrClFNOS/c1-17(7-11-2-3-12(15)19-11)13(18)8-4-9(14)6-10(16)5-8/h2-6H,7H2,1H3. The van der Waals surface area contributed by atoms with Crippen molar-refractivity contribution >= 4 is 44.8 Å². The Balaban J connectivity index is 2.14. The molecule has 1 heterocycles. The first-order valence-corrected chi connectivity index (χ1v) is 7.40. The number of halogens is 3. The van der Waals surface area contributed by atoms with Gasteiger partial charge in [-0.05, 0) is 30.3 Å². The van der Waals surface area contributed by atoms with E-state index in [-0.39, 0.29) is 5.91 Å². The van der Waals surface area contributed by atoms with E-state index in [9.17, 15) is 9.18 Å². The summed E-state index contributed by atoms with van der Waals surface area (Å²) >= 11 is 10.4. The molecule has 0 saturated heterocycles. The summed E-state index contributed by atoms with van der Waals surface area (Å²) in [5, 5.41) is 0. The van der Waals surface area contributed by atoms with Crippen molar-refractivity contribution in [2.45, 2.75) is 6.54 Å². The van der Waals surface area contributed by atoms with E-state index in [1.54, 1.807) is 19.2 Å². The van der Waals surface area contributed by atoms with Crippen molar-refractivity contribution in [3.05, 3.63) is 55.4 Å². The number of hydrogen-bond donors (Lipinski definition) is 0. The molecule has 0 saturated carbocycles. The molecular weight excluding hydrogens is 353 g/mol. The van der Waals surface area contributed by atoms with Crippen molar-refractivity contribution < 1.29 is 9.18 Å². The molecule has 0 radical (unpaired) electrons. The van der Waals surface area contributed by atoms with Gasteiger partial charge in [-0.1, -0.05) is 27.5 Å². The van der Waals surface area contributed by atoms with Crippen LogP contribution < -0.4 is 0 Å². The van der Waals surface area contributed by atoms with Crippen LogP contribution in [0.3, 0.4) is 0 Å². The van der Waals surface area contributed by atoms with Gasteiger partial charge in [0.2, 0.25) is 0 Å². The molecule has 2 nitrogen and oxygen atoms in total. The van der Waals surface area contributed by atoms with Crippen LogP contribution in [0.2, 0.25) is 4.34 Å². The van der Waals surface area contributed by atoms with Gasteiger partial charge in [0, 0.05) is 22.0 Å². The fraction of sp³-hybridized carbons (Fsp3) is 0.154. The maximum Gasteiger partial charge on any atom is 0.254 e. The van der Waals surface area contributed by atoms with E-state index in [1.807, 2.05) is 6.07 Å². The predicted octanol–water partition coefficient (Wildman–Crippen LogP) is 4.58. The average molecular weight is 363 g/mol. The second-order valence-electron chi connectivity index (χ2n) is 4.03. The molecule has 0 unspecified atom stereocenters. The molecule has 0 aliphatic rings. The summed E-state index contributed by atoms with van der Waals surface area (Å²) < 4.78 is 14.5. The van der Waals surface area contributed by atoms with Gasteiger partial charge in [0.25, 0.3) is 5.91 Å². The van der Waals surface area contributed by atoms with Crippen LogP contribution in [0.1, 0.15) is 15.2 Å². The molecule has 0 spiro atoms. The van der Waals surface area contributed by atoms with Crippen LogP contribution in [0.15, 0.2) is 34.8 Å². The van der Waals surface area contributed by atoms with Gasteiger partial charge in [-0.3, -0.25) is 4.79 Å². The maximum absolute atomic E-state index is 13.3. The number of carbonyl (C=O) groups excluding carboxylic acids is 1. The van der Waals surface area contributed by atoms with Gasteiger partial charge < -0.3 is 4.90 Å². The summed E-state index contributed by atoms with van der Waals surface area (Å²) in [5.41, 5.74) is 0.317. The lowest BCUT2D eigenvalue weighted by atomic mass is 10.2. The number of thiophene rings is 1. The fourth-order valence-electron chi connectivity index (χ4n) is 1.64. The van der Waals surface area contributed by atoms with E-state index in [1.165, 1.54) is 28.4 Å². The van der Waals surface area contributed by atoms with Gasteiger partial charge in [0.1, 0.15) is 5.82 Å². The monoisotopic (exact) mass is 361 g/mol. The molecule has 0 atom stereocenters. The first kappa shape index (κ1) is 14.5. The number of carbonyl (C=O) groups is 1. The van der Waals surface area contributed by atoms with Crippen molar-refractivity contribution in [1.29, 1.82) is 0 Å². The van der Waals surface area contributed by atoms with Crippen molar-refractivity contribution in [2.24, 2.45) is 0 Å². The van der Waals surface area contributed by atoms with Crippen LogP contribution in [0.4, 0.5) is 4.39 Å². The average Bonchev–Trinajstić information content (AvgIpc) is 2.72. The minimum atomic E-state index is -0.440. The van der Waals surface area contributed by atoms with Crippen LogP contribution in [0.5, 0.6) is 0 Å². The quantitative estimate of drug-likeness (QED) is 0.783. The van der Waals surface area contributed by atoms with Crippen LogP contribution >= 0.6 is 38.9 Å². The number of benzene rings is 1. The molecule has 1 aromatic carbocycles. The molecule has 0 fully saturated rings. The molecule has 0 aliphatic carbocycles. The third kappa shape index (κ3) is 3.78. The summed E-state index contributed by atoms with van der Waals surface area (Å²) in [6, 6.07) is 7.81. The minimum Gasteiger partial charge on any atom is -0.337 e. The summed E-state index contributed by atoms with van der Waals surface area (Å²) in [6.07, 6.45) is 0. The predicted molar refractivity (Wildman–Crippen MR) is 79.2 cm³/mol. The van der Waals surface area contributed by atoms with E-state index in [4.69, 9.17) is 11.6 Å². The first-order chi connectivity index (χ1) is 8.95. The van der Waals surface area contributed by atoms with Gasteiger partial charge in [-0.2, -0.15) is 0 Å². The second-order valence-corrected chi connectivity index (χ2v) is 6.74. The Labute approximate surface area is 127 Å². The molecule has 19 heavy (non-hydrogen) atoms. The van der Waals surface area contributed by atoms with Crippen molar-refractivity contribution in [3.8, 4) is 0 Å². The van der Waals surface area contributed by atoms with Crippen molar-refractivity contribution in [3.63, 3.8) is 0 Å². The Morgan fingerprint density at radius 3 is 2.74 bits per heavy atom. The zero-order valence-electron chi connectivity index (χ0n) is 9.99. The molecule has 1 aromatic heterocycles. The van der Waals surface area contributed by atoms with E-state index in [2.05, 4.69) is 15.9 Å². The Bertz CT molecular complexity index is 596. The Morgan fingerprint density at radius 2 is 2.16 bits per heavy atom. The van der Waals surface area contributed by atoms with Gasteiger partial charge in [-0.15, -0.1) is 11.3 Å². The molecule has 100 valence electrons. The smallest absolute Gasteiger partial charge is 0.254 e. The lowest BCUT2D eigenvalue weighted by molar-refractivity contribution is 0.0786. The lowest BCUT2D eigenvalue weighted by Gasteiger charge is -2.16. The summed E-state index contributed by atoms with van der Waals surface area (Å²) in [6.45, 7) is 0.449. The molecule has 0 N–H and O–H groups in total. The van der Waals surface area contributed by atoms with Gasteiger partial charge >= 0.3 is 0 Å². The van der Waals surface area contributed by atoms with E-state index in [0.717, 1.165) is 4.88 Å². The van der Waals surface area contributed by atoms with Crippen LogP contribution in [-0.4, -0.2) is 17.9 Å². The fourth-order valence-corrected chi connectivity index (χ4v) is 3.25. The highest BCUT2D eigenvalue weighted by Gasteiger charge is 2.14. The van der Waals surface area contributed by atoms with E-state index >= 15 is 0 Å². The molecular formula is C13H10BrClFNOS. The number of amides is 1. The lowest BCUT2D eigenvalue weighted by Crippen LogP contribution is -2.25. The molecule has 6 heteroatoms. The molecule has 2 aromatic rings. The maximum atomic E-state index is 13.3. The third-order valence-corrected chi connectivity index (χ3v) is 4.15. The molecule has 1 amide bonds. The van der Waals surface area contributed by atoms with Crippen molar-refractivity contribution in [2.75, 3.05) is 7.05 Å². The normalized spacial score (nSPS) is 10.5. The van der Waals surface area contributed by atoms with Crippen LogP contribution in [0.25, 0.3) is 0 Å². The summed E-state index contributed by atoms with van der Waals surface area (Å²) in [7, 11) is 1.68. The number of rotatable bonds is 3. The number of hydrogen-bond acceptors (Lipinski definition) is 2. The highest BCUT2D eigenvalue weighted by Crippen LogP contribution is 2.23. The molecule has 2 rings (SSSR count). The largest absolute Gasteiger partial charge is 0.337 e. The zero-order chi connectivity index (χ0) is 14.0. The first-order valence-electron chi connectivity index (χ1n) is 5.41. The molecule has 0 bridgehead atoms. The van der Waals surface area contributed by atoms with Gasteiger partial charge in [-0.25, -0.2) is 4.39 Å². The minimum absolute atomic E-state index is 0.232. The zero-order valence-corrected chi connectivity index (χ0v) is 13.1. The second kappa shape index (κ2) is 6.03. The van der Waals surface area contributed by atoms with E-state index < -0.39 is 5.82 Å². The Kier molecular flexibility index (Phi) is 4.60. The molecule has 0 aliphatic heterocycles. The van der Waals surface area contributed by atoms with Gasteiger partial charge in [0.15, 0.2) is 0 Å². The SMILES string of the molecule is CN(Cc1ccc(Cl)s1)C(=O)c1cc(F)cc(Br)c1. The summed E-state index contributed by atoms with van der Waals surface area (Å²) in [4.78, 5) is 14.7. The van der Waals surface area contributed by atoms with Crippen LogP contribution in [0, 0.1) is 5.82 Å². The van der Waals surface area contributed by atoms with Crippen molar-refractivity contribution in [1.82, 2.24) is 4.90 Å². The highest BCUT2D eigenvalue weighted by atomic mass is 79.9. The topological polar surface area (TPSA) is 20.3 Å². The van der Waals surface area contributed by atoms with Gasteiger partial charge in [0.05, 0.1) is 10.9 Å². The number of nitrogens with zero attached hydrogens (tertiary/aromatic N) is 1. The van der Waals surface area contributed by atoms with E-state index in [0.29, 0.717) is 20.9 Å². The van der Waals surface area contributed by atoms with Crippen LogP contribution in [-0.2, 0) is 6.54 Å².